The number of rotatable bonds is 7. The summed E-state index contributed by atoms with van der Waals surface area (Å²) in [6.45, 7) is 2.36. The molecule has 1 N–H and O–H groups in total. The minimum Gasteiger partial charge on any atom is -0.545 e. The molecule has 0 bridgehead atoms. The molecule has 3 aromatic rings. The number of nitrogens with zero attached hydrogens (tertiary/aromatic N) is 1. The van der Waals surface area contributed by atoms with Crippen LogP contribution in [0, 0.1) is 6.92 Å². The summed E-state index contributed by atoms with van der Waals surface area (Å²) in [5.74, 6) is 0.0246. The molecule has 1 aromatic heterocycles. The first-order chi connectivity index (χ1) is 13.5. The fraction of sp³-hybridized carbons (Fsp3) is 0.238. The van der Waals surface area contributed by atoms with Gasteiger partial charge in [0.1, 0.15) is 0 Å². The van der Waals surface area contributed by atoms with Crippen molar-refractivity contribution in [3.8, 4) is 11.5 Å². The summed E-state index contributed by atoms with van der Waals surface area (Å²) in [5, 5.41) is 16.1. The zero-order valence-electron chi connectivity index (χ0n) is 15.8. The van der Waals surface area contributed by atoms with E-state index in [4.69, 9.17) is 21.1 Å². The molecule has 0 aliphatic carbocycles. The molecule has 0 spiro atoms. The van der Waals surface area contributed by atoms with Crippen LogP contribution in [0.3, 0.4) is 0 Å². The van der Waals surface area contributed by atoms with Crippen molar-refractivity contribution in [2.75, 3.05) is 26.1 Å². The molecule has 6 nitrogen and oxygen atoms in total. The number of methoxy groups -OCH3 is 2. The third-order valence-electron chi connectivity index (χ3n) is 4.61. The summed E-state index contributed by atoms with van der Waals surface area (Å²) in [5.41, 5.74) is 2.97. The summed E-state index contributed by atoms with van der Waals surface area (Å²) in [6, 6.07) is 9.18. The highest BCUT2D eigenvalue weighted by molar-refractivity contribution is 6.32. The summed E-state index contributed by atoms with van der Waals surface area (Å²) in [4.78, 5) is 15.8. The lowest BCUT2D eigenvalue weighted by Gasteiger charge is -2.17. The summed E-state index contributed by atoms with van der Waals surface area (Å²) in [6.07, 6.45) is 1.96. The number of anilines is 1. The van der Waals surface area contributed by atoms with E-state index in [2.05, 4.69) is 10.3 Å². The Hall–Kier alpha value is -2.99. The van der Waals surface area contributed by atoms with Gasteiger partial charge in [-0.25, -0.2) is 0 Å². The number of nitrogens with one attached hydrogen (secondary N) is 1. The maximum absolute atomic E-state index is 11.6. The third kappa shape index (κ3) is 3.82. The van der Waals surface area contributed by atoms with Crippen LogP contribution < -0.4 is 19.9 Å². The van der Waals surface area contributed by atoms with Crippen molar-refractivity contribution >= 4 is 34.2 Å². The van der Waals surface area contributed by atoms with Crippen LogP contribution in [-0.2, 0) is 6.42 Å². The van der Waals surface area contributed by atoms with E-state index < -0.39 is 5.97 Å². The lowest BCUT2D eigenvalue weighted by atomic mass is 10.1. The van der Waals surface area contributed by atoms with Gasteiger partial charge in [-0.15, -0.1) is 0 Å². The van der Waals surface area contributed by atoms with Crippen molar-refractivity contribution in [1.29, 1.82) is 0 Å². The van der Waals surface area contributed by atoms with Crippen LogP contribution in [0.4, 0.5) is 5.69 Å². The molecule has 2 aromatic carbocycles. The standard InChI is InChI=1S/C21H21ClN2O4/c1-12-16(22)6-5-14-19(12)24-11-15(21(25)26)20(14)23-9-8-13-4-7-17(27-2)18(10-13)28-3/h4-7,10-11H,8-9H2,1-3H3,(H,23,24)(H,25,26)/p-1. The van der Waals surface area contributed by atoms with Gasteiger partial charge in [-0.05, 0) is 48.7 Å². The Balaban J connectivity index is 1.88. The van der Waals surface area contributed by atoms with Crippen LogP contribution in [0.1, 0.15) is 21.5 Å². The number of carboxylic acids is 1. The molecular weight excluding hydrogens is 380 g/mol. The highest BCUT2D eigenvalue weighted by Gasteiger charge is 2.13. The van der Waals surface area contributed by atoms with E-state index in [-0.39, 0.29) is 5.56 Å². The highest BCUT2D eigenvalue weighted by atomic mass is 35.5. The number of aryl methyl sites for hydroxylation is 1. The summed E-state index contributed by atoms with van der Waals surface area (Å²) >= 11 is 6.17. The van der Waals surface area contributed by atoms with Gasteiger partial charge in [0.25, 0.3) is 0 Å². The molecule has 146 valence electrons. The number of fused-ring (bicyclic) bond motifs is 1. The zero-order valence-corrected chi connectivity index (χ0v) is 16.6. The summed E-state index contributed by atoms with van der Waals surface area (Å²) in [7, 11) is 3.17. The number of hydrogen-bond donors (Lipinski definition) is 1. The van der Waals surface area contributed by atoms with Crippen molar-refractivity contribution in [3.05, 3.63) is 58.2 Å². The number of benzene rings is 2. The van der Waals surface area contributed by atoms with Gasteiger partial charge >= 0.3 is 0 Å². The van der Waals surface area contributed by atoms with Crippen molar-refractivity contribution in [2.45, 2.75) is 13.3 Å². The molecular formula is C21H20ClN2O4-. The molecule has 0 fully saturated rings. The van der Waals surface area contributed by atoms with Crippen molar-refractivity contribution in [3.63, 3.8) is 0 Å². The molecule has 7 heteroatoms. The maximum Gasteiger partial charge on any atom is 0.160 e. The molecule has 1 heterocycles. The number of aromatic carboxylic acids is 1. The number of halogens is 1. The lowest BCUT2D eigenvalue weighted by molar-refractivity contribution is -0.254. The quantitative estimate of drug-likeness (QED) is 0.656. The number of carboxylic acid groups (broad SMARTS) is 1. The maximum atomic E-state index is 11.6. The molecule has 0 saturated heterocycles. The average Bonchev–Trinajstić information content (AvgIpc) is 2.70. The SMILES string of the molecule is COc1ccc(CCNc2c(C(=O)[O-])cnc3c(C)c(Cl)ccc23)cc1OC. The van der Waals surface area contributed by atoms with Crippen LogP contribution in [0.25, 0.3) is 10.9 Å². The van der Waals surface area contributed by atoms with E-state index in [1.807, 2.05) is 25.1 Å². The lowest BCUT2D eigenvalue weighted by Crippen LogP contribution is -2.24. The third-order valence-corrected chi connectivity index (χ3v) is 5.02. The highest BCUT2D eigenvalue weighted by Crippen LogP contribution is 2.31. The van der Waals surface area contributed by atoms with Crippen molar-refractivity contribution in [1.82, 2.24) is 4.98 Å². The van der Waals surface area contributed by atoms with Crippen LogP contribution in [0.2, 0.25) is 5.02 Å². The second-order valence-corrected chi connectivity index (χ2v) is 6.68. The minimum atomic E-state index is -1.28. The molecule has 0 aliphatic heterocycles. The van der Waals surface area contributed by atoms with Gasteiger partial charge in [-0.3, -0.25) is 4.98 Å². The number of carbonyl (C=O) groups excluding carboxylic acids is 1. The summed E-state index contributed by atoms with van der Waals surface area (Å²) < 4.78 is 10.6. The van der Waals surface area contributed by atoms with E-state index in [1.165, 1.54) is 6.20 Å². The monoisotopic (exact) mass is 399 g/mol. The number of hydrogen-bond acceptors (Lipinski definition) is 6. The fourth-order valence-corrected chi connectivity index (χ4v) is 3.25. The minimum absolute atomic E-state index is 0.0153. The second-order valence-electron chi connectivity index (χ2n) is 6.27. The van der Waals surface area contributed by atoms with E-state index in [0.29, 0.717) is 46.1 Å². The van der Waals surface area contributed by atoms with Crippen LogP contribution >= 0.6 is 11.6 Å². The van der Waals surface area contributed by atoms with Crippen molar-refractivity contribution < 1.29 is 19.4 Å². The Morgan fingerprint density at radius 2 is 1.93 bits per heavy atom. The first-order valence-corrected chi connectivity index (χ1v) is 9.08. The molecule has 0 radical (unpaired) electrons. The Kier molecular flexibility index (Phi) is 5.90. The van der Waals surface area contributed by atoms with Gasteiger partial charge in [0.05, 0.1) is 31.4 Å². The zero-order chi connectivity index (χ0) is 20.3. The smallest absolute Gasteiger partial charge is 0.160 e. The van der Waals surface area contributed by atoms with Crippen LogP contribution in [0.15, 0.2) is 36.5 Å². The van der Waals surface area contributed by atoms with E-state index in [1.54, 1.807) is 26.4 Å². The van der Waals surface area contributed by atoms with Gasteiger partial charge in [-0.1, -0.05) is 17.7 Å². The van der Waals surface area contributed by atoms with Crippen molar-refractivity contribution in [2.24, 2.45) is 0 Å². The molecule has 0 aliphatic rings. The Morgan fingerprint density at radius 1 is 1.18 bits per heavy atom. The first kappa shape index (κ1) is 19.8. The average molecular weight is 400 g/mol. The number of ether oxygens (including phenoxy) is 2. The van der Waals surface area contributed by atoms with Gasteiger partial charge in [0.15, 0.2) is 11.5 Å². The van der Waals surface area contributed by atoms with E-state index >= 15 is 0 Å². The molecule has 0 atom stereocenters. The molecule has 0 amide bonds. The predicted molar refractivity (Wildman–Crippen MR) is 108 cm³/mol. The van der Waals surface area contributed by atoms with Crippen LogP contribution in [-0.4, -0.2) is 31.7 Å². The molecule has 28 heavy (non-hydrogen) atoms. The van der Waals surface area contributed by atoms with Gasteiger partial charge in [0.2, 0.25) is 0 Å². The predicted octanol–water partition coefficient (Wildman–Crippen LogP) is 3.23. The Labute approximate surface area is 168 Å². The van der Waals surface area contributed by atoms with E-state index in [0.717, 1.165) is 11.1 Å². The normalized spacial score (nSPS) is 10.7. The Morgan fingerprint density at radius 3 is 2.61 bits per heavy atom. The van der Waals surface area contributed by atoms with Crippen LogP contribution in [0.5, 0.6) is 11.5 Å². The molecule has 3 rings (SSSR count). The first-order valence-electron chi connectivity index (χ1n) is 8.70. The topological polar surface area (TPSA) is 83.5 Å². The fourth-order valence-electron chi connectivity index (χ4n) is 3.10. The molecule has 0 saturated carbocycles. The van der Waals surface area contributed by atoms with Gasteiger partial charge in [-0.2, -0.15) is 0 Å². The molecule has 0 unspecified atom stereocenters. The van der Waals surface area contributed by atoms with Gasteiger partial charge in [0, 0.05) is 28.7 Å². The number of aromatic nitrogens is 1. The number of carbonyl (C=O) groups is 1. The van der Waals surface area contributed by atoms with E-state index in [9.17, 15) is 9.90 Å². The second kappa shape index (κ2) is 8.35. The largest absolute Gasteiger partial charge is 0.545 e. The number of pyridine rings is 1. The Bertz CT molecular complexity index is 1040. The van der Waals surface area contributed by atoms with Gasteiger partial charge < -0.3 is 24.7 Å².